The zero-order valence-corrected chi connectivity index (χ0v) is 9.72. The van der Waals surface area contributed by atoms with Gasteiger partial charge in [0.15, 0.2) is 0 Å². The van der Waals surface area contributed by atoms with Crippen LogP contribution >= 0.6 is 0 Å². The molecule has 0 aliphatic carbocycles. The fourth-order valence-electron chi connectivity index (χ4n) is 2.25. The molecule has 0 bridgehead atoms. The molecule has 6 nitrogen and oxygen atoms in total. The van der Waals surface area contributed by atoms with Crippen molar-refractivity contribution in [3.8, 4) is 0 Å². The highest BCUT2D eigenvalue weighted by molar-refractivity contribution is 6.51. The molecule has 1 fully saturated rings. The van der Waals surface area contributed by atoms with Crippen molar-refractivity contribution >= 4 is 13.0 Å². The Morgan fingerprint density at radius 1 is 1.65 bits per heavy atom. The van der Waals surface area contributed by atoms with Crippen LogP contribution in [0.2, 0.25) is 0 Å². The van der Waals surface area contributed by atoms with Crippen LogP contribution in [0.1, 0.15) is 12.8 Å². The molecule has 2 aliphatic heterocycles. The van der Waals surface area contributed by atoms with Crippen LogP contribution in [0, 0.1) is 0 Å². The summed E-state index contributed by atoms with van der Waals surface area (Å²) in [6.45, 7) is 2.65. The monoisotopic (exact) mass is 239 g/mol. The Balaban J connectivity index is 1.81. The van der Waals surface area contributed by atoms with E-state index in [0.717, 1.165) is 19.5 Å². The molecule has 0 saturated carbocycles. The molecule has 17 heavy (non-hydrogen) atoms. The number of nitrogens with zero attached hydrogens (tertiary/aromatic N) is 1. The summed E-state index contributed by atoms with van der Waals surface area (Å²) in [6, 6.07) is 0.341. The summed E-state index contributed by atoms with van der Waals surface area (Å²) in [5.74, 6) is -0.103. The molecule has 0 aromatic carbocycles. The molecule has 1 atom stereocenters. The van der Waals surface area contributed by atoms with E-state index in [2.05, 4.69) is 10.6 Å². The van der Waals surface area contributed by atoms with E-state index in [-0.39, 0.29) is 12.5 Å². The molecule has 0 aromatic heterocycles. The smallest absolute Gasteiger partial charge is 0.422 e. The van der Waals surface area contributed by atoms with Crippen molar-refractivity contribution in [2.45, 2.75) is 18.9 Å². The Hall–Kier alpha value is -0.885. The second-order valence-electron chi connectivity index (χ2n) is 4.41. The highest BCUT2D eigenvalue weighted by atomic mass is 16.4. The first kappa shape index (κ1) is 12.6. The summed E-state index contributed by atoms with van der Waals surface area (Å²) in [7, 11) is -1.56. The van der Waals surface area contributed by atoms with Crippen LogP contribution in [-0.4, -0.2) is 60.2 Å². The molecule has 1 saturated heterocycles. The van der Waals surface area contributed by atoms with Gasteiger partial charge in [0, 0.05) is 24.7 Å². The SMILES string of the molecule is O=C(CN[C@@H]1CCNC1)N1CCC=C1B(O)O. The number of hydrogen-bond donors (Lipinski definition) is 4. The minimum absolute atomic E-state index is 0.103. The van der Waals surface area contributed by atoms with Crippen molar-refractivity contribution in [2.24, 2.45) is 0 Å². The second-order valence-corrected chi connectivity index (χ2v) is 4.41. The topological polar surface area (TPSA) is 84.8 Å². The van der Waals surface area contributed by atoms with Crippen LogP contribution in [0.5, 0.6) is 0 Å². The van der Waals surface area contributed by atoms with Gasteiger partial charge in [-0.05, 0) is 19.4 Å². The van der Waals surface area contributed by atoms with Gasteiger partial charge in [0.2, 0.25) is 5.91 Å². The quantitative estimate of drug-likeness (QED) is 0.429. The predicted octanol–water partition coefficient (Wildman–Crippen LogP) is -1.93. The second kappa shape index (κ2) is 5.64. The van der Waals surface area contributed by atoms with Gasteiger partial charge in [-0.15, -0.1) is 0 Å². The minimum Gasteiger partial charge on any atom is -0.422 e. The largest absolute Gasteiger partial charge is 0.505 e. The van der Waals surface area contributed by atoms with Crippen LogP contribution in [0.4, 0.5) is 0 Å². The first-order valence-electron chi connectivity index (χ1n) is 5.99. The van der Waals surface area contributed by atoms with E-state index < -0.39 is 7.12 Å². The Morgan fingerprint density at radius 3 is 3.12 bits per heavy atom. The number of hydrogen-bond acceptors (Lipinski definition) is 5. The maximum Gasteiger partial charge on any atom is 0.505 e. The molecule has 0 aromatic rings. The Morgan fingerprint density at radius 2 is 2.47 bits per heavy atom. The van der Waals surface area contributed by atoms with E-state index in [1.54, 1.807) is 6.08 Å². The molecule has 0 spiro atoms. The maximum absolute atomic E-state index is 11.9. The van der Waals surface area contributed by atoms with E-state index in [1.807, 2.05) is 0 Å². The zero-order valence-electron chi connectivity index (χ0n) is 9.72. The van der Waals surface area contributed by atoms with E-state index in [9.17, 15) is 4.79 Å². The predicted molar refractivity (Wildman–Crippen MR) is 63.9 cm³/mol. The maximum atomic E-state index is 11.9. The van der Waals surface area contributed by atoms with Gasteiger partial charge >= 0.3 is 7.12 Å². The van der Waals surface area contributed by atoms with Crippen molar-refractivity contribution < 1.29 is 14.8 Å². The first-order valence-corrected chi connectivity index (χ1v) is 5.99. The fraction of sp³-hybridized carbons (Fsp3) is 0.700. The van der Waals surface area contributed by atoms with E-state index in [1.165, 1.54) is 4.90 Å². The average molecular weight is 239 g/mol. The molecular formula is C10H18BN3O3. The van der Waals surface area contributed by atoms with Crippen molar-refractivity contribution in [1.29, 1.82) is 0 Å². The van der Waals surface area contributed by atoms with Gasteiger partial charge in [-0.2, -0.15) is 0 Å². The van der Waals surface area contributed by atoms with Crippen LogP contribution in [0.15, 0.2) is 11.7 Å². The summed E-state index contributed by atoms with van der Waals surface area (Å²) in [4.78, 5) is 13.3. The molecular weight excluding hydrogens is 221 g/mol. The summed E-state index contributed by atoms with van der Waals surface area (Å²) < 4.78 is 0. The van der Waals surface area contributed by atoms with Crippen LogP contribution in [-0.2, 0) is 4.79 Å². The summed E-state index contributed by atoms with van der Waals surface area (Å²) in [5, 5.41) is 24.6. The van der Waals surface area contributed by atoms with Crippen molar-refractivity contribution in [3.63, 3.8) is 0 Å². The van der Waals surface area contributed by atoms with Gasteiger partial charge in [0.25, 0.3) is 0 Å². The zero-order chi connectivity index (χ0) is 12.3. The molecule has 2 aliphatic rings. The third kappa shape index (κ3) is 3.07. The molecule has 94 valence electrons. The molecule has 2 heterocycles. The third-order valence-electron chi connectivity index (χ3n) is 3.19. The van der Waals surface area contributed by atoms with Gasteiger partial charge in [0.05, 0.1) is 6.54 Å². The van der Waals surface area contributed by atoms with E-state index in [0.29, 0.717) is 24.6 Å². The molecule has 4 N–H and O–H groups in total. The standard InChI is InChI=1S/C10H18BN3O3/c15-10(7-13-8-3-4-12-6-8)14-5-1-2-9(14)11(16)17/h2,8,12-13,16-17H,1,3-7H2/t8-/m1/s1. The van der Waals surface area contributed by atoms with Crippen molar-refractivity contribution in [3.05, 3.63) is 11.7 Å². The lowest BCUT2D eigenvalue weighted by molar-refractivity contribution is -0.127. The molecule has 1 amide bonds. The van der Waals surface area contributed by atoms with E-state index >= 15 is 0 Å². The number of carbonyl (C=O) groups is 1. The lowest BCUT2D eigenvalue weighted by Gasteiger charge is -2.21. The number of nitrogens with one attached hydrogen (secondary N) is 2. The normalized spacial score (nSPS) is 24.0. The average Bonchev–Trinajstić information content (AvgIpc) is 2.96. The van der Waals surface area contributed by atoms with Gasteiger partial charge in [-0.1, -0.05) is 6.08 Å². The Kier molecular flexibility index (Phi) is 4.17. The molecule has 0 unspecified atom stereocenters. The van der Waals surface area contributed by atoms with Crippen LogP contribution in [0.3, 0.4) is 0 Å². The number of rotatable bonds is 4. The van der Waals surface area contributed by atoms with Crippen molar-refractivity contribution in [1.82, 2.24) is 15.5 Å². The molecule has 0 radical (unpaired) electrons. The fourth-order valence-corrected chi connectivity index (χ4v) is 2.25. The Labute approximate surface area is 101 Å². The van der Waals surface area contributed by atoms with E-state index in [4.69, 9.17) is 10.0 Å². The van der Waals surface area contributed by atoms with Gasteiger partial charge in [-0.25, -0.2) is 0 Å². The third-order valence-corrected chi connectivity index (χ3v) is 3.19. The number of carbonyl (C=O) groups excluding carboxylic acids is 1. The summed E-state index contributed by atoms with van der Waals surface area (Å²) in [5.41, 5.74) is 0.307. The molecule has 2 rings (SSSR count). The summed E-state index contributed by atoms with van der Waals surface area (Å²) in [6.07, 6.45) is 3.40. The van der Waals surface area contributed by atoms with Crippen molar-refractivity contribution in [2.75, 3.05) is 26.2 Å². The minimum atomic E-state index is -1.56. The highest BCUT2D eigenvalue weighted by Crippen LogP contribution is 2.15. The van der Waals surface area contributed by atoms with Crippen LogP contribution in [0.25, 0.3) is 0 Å². The first-order chi connectivity index (χ1) is 8.18. The van der Waals surface area contributed by atoms with Gasteiger partial charge < -0.3 is 25.6 Å². The van der Waals surface area contributed by atoms with Gasteiger partial charge in [-0.3, -0.25) is 4.79 Å². The van der Waals surface area contributed by atoms with Crippen LogP contribution < -0.4 is 10.6 Å². The lowest BCUT2D eigenvalue weighted by atomic mass is 9.85. The Bertz CT molecular complexity index is 316. The highest BCUT2D eigenvalue weighted by Gasteiger charge is 2.29. The van der Waals surface area contributed by atoms with Gasteiger partial charge in [0.1, 0.15) is 0 Å². The number of amides is 1. The lowest BCUT2D eigenvalue weighted by Crippen LogP contribution is -2.43. The molecule has 7 heteroatoms. The summed E-state index contributed by atoms with van der Waals surface area (Å²) >= 11 is 0.